The Balaban J connectivity index is 1.90. The number of carbonyl (C=O) groups excluding carboxylic acids is 2. The number of rotatable bonds is 4. The van der Waals surface area contributed by atoms with E-state index >= 15 is 0 Å². The minimum Gasteiger partial charge on any atom is -0.426 e. The molecule has 0 saturated carbocycles. The van der Waals surface area contributed by atoms with Crippen molar-refractivity contribution in [2.45, 2.75) is 18.2 Å². The molecule has 0 fully saturated rings. The summed E-state index contributed by atoms with van der Waals surface area (Å²) in [5, 5.41) is 4.47. The molecule has 0 aromatic heterocycles. The Kier molecular flexibility index (Phi) is 5.01. The van der Waals surface area contributed by atoms with Crippen molar-refractivity contribution in [3.63, 3.8) is 0 Å². The van der Waals surface area contributed by atoms with Crippen LogP contribution in [0.5, 0.6) is 0 Å². The van der Waals surface area contributed by atoms with Gasteiger partial charge >= 0.3 is 12.3 Å². The topological polar surface area (TPSA) is 67.4 Å². The summed E-state index contributed by atoms with van der Waals surface area (Å²) >= 11 is 5.84. The largest absolute Gasteiger partial charge is 0.434 e. The van der Waals surface area contributed by atoms with Crippen molar-refractivity contribution >= 4 is 29.3 Å². The van der Waals surface area contributed by atoms with Crippen molar-refractivity contribution < 1.29 is 27.5 Å². The Morgan fingerprint density at radius 2 is 1.89 bits per heavy atom. The first-order chi connectivity index (χ1) is 12.7. The lowest BCUT2D eigenvalue weighted by Gasteiger charge is -2.39. The summed E-state index contributed by atoms with van der Waals surface area (Å²) in [6.45, 7) is -0.969. The Labute approximate surface area is 157 Å². The molecule has 142 valence electrons. The third-order valence-electron chi connectivity index (χ3n) is 4.12. The molecule has 1 heterocycles. The summed E-state index contributed by atoms with van der Waals surface area (Å²) < 4.78 is 46.5. The van der Waals surface area contributed by atoms with E-state index in [0.29, 0.717) is 5.56 Å². The maximum absolute atomic E-state index is 14.0. The Hall–Kier alpha value is -2.74. The summed E-state index contributed by atoms with van der Waals surface area (Å²) in [4.78, 5) is 23.9. The van der Waals surface area contributed by atoms with E-state index in [1.54, 1.807) is 30.3 Å². The highest BCUT2D eigenvalue weighted by molar-refractivity contribution is 6.30. The van der Waals surface area contributed by atoms with E-state index in [1.807, 2.05) is 0 Å². The lowest BCUT2D eigenvalue weighted by molar-refractivity contribution is -0.262. The van der Waals surface area contributed by atoms with Crippen LogP contribution in [-0.2, 0) is 21.6 Å². The van der Waals surface area contributed by atoms with Gasteiger partial charge in [0.15, 0.2) is 0 Å². The van der Waals surface area contributed by atoms with E-state index in [1.165, 1.54) is 12.1 Å². The molecule has 0 aliphatic carbocycles. The number of amides is 2. The van der Waals surface area contributed by atoms with E-state index in [4.69, 9.17) is 11.6 Å². The zero-order chi connectivity index (χ0) is 19.7. The van der Waals surface area contributed by atoms with E-state index in [9.17, 15) is 22.8 Å². The average molecular weight is 399 g/mol. The van der Waals surface area contributed by atoms with Crippen molar-refractivity contribution in [1.29, 1.82) is 0 Å². The van der Waals surface area contributed by atoms with Gasteiger partial charge in [-0.05, 0) is 23.8 Å². The Morgan fingerprint density at radius 3 is 2.56 bits per heavy atom. The van der Waals surface area contributed by atoms with Gasteiger partial charge in [0.1, 0.15) is 0 Å². The standard InChI is InChI=1S/C18H14ClF3N2O3/c19-12-6-7-14-13(9-12)17(18(20,21)22,27-16(26)24-14)10-23-15(25)8-11-4-2-1-3-5-11/h1-7,9H,8,10H2,(H,23,25)(H,24,26). The molecule has 2 aromatic carbocycles. The number of benzene rings is 2. The predicted octanol–water partition coefficient (Wildman–Crippen LogP) is 4.02. The fourth-order valence-electron chi connectivity index (χ4n) is 2.82. The van der Waals surface area contributed by atoms with Crippen LogP contribution in [-0.4, -0.2) is 24.7 Å². The van der Waals surface area contributed by atoms with E-state index in [-0.39, 0.29) is 22.7 Å². The third kappa shape index (κ3) is 3.85. The lowest BCUT2D eigenvalue weighted by Crippen LogP contribution is -2.56. The predicted molar refractivity (Wildman–Crippen MR) is 92.4 cm³/mol. The number of cyclic esters (lactones) is 1. The molecule has 1 aliphatic heterocycles. The summed E-state index contributed by atoms with van der Waals surface area (Å²) in [5.41, 5.74) is -2.85. The number of hydrogen-bond acceptors (Lipinski definition) is 3. The molecule has 0 spiro atoms. The second-order valence-corrected chi connectivity index (χ2v) is 6.40. The zero-order valence-electron chi connectivity index (χ0n) is 13.8. The summed E-state index contributed by atoms with van der Waals surface area (Å²) in [7, 11) is 0. The van der Waals surface area contributed by atoms with Crippen LogP contribution in [0.25, 0.3) is 0 Å². The number of fused-ring (bicyclic) bond motifs is 1. The molecule has 2 N–H and O–H groups in total. The van der Waals surface area contributed by atoms with Crippen LogP contribution in [0.3, 0.4) is 0 Å². The fourth-order valence-corrected chi connectivity index (χ4v) is 2.99. The van der Waals surface area contributed by atoms with Crippen molar-refractivity contribution in [3.8, 4) is 0 Å². The van der Waals surface area contributed by atoms with Gasteiger partial charge < -0.3 is 10.1 Å². The van der Waals surface area contributed by atoms with Gasteiger partial charge in [0, 0.05) is 10.6 Å². The number of anilines is 1. The molecule has 0 radical (unpaired) electrons. The number of alkyl halides is 3. The van der Waals surface area contributed by atoms with Gasteiger partial charge in [0.05, 0.1) is 18.7 Å². The highest BCUT2D eigenvalue weighted by Gasteiger charge is 2.62. The molecular weight excluding hydrogens is 385 g/mol. The number of ether oxygens (including phenoxy) is 1. The van der Waals surface area contributed by atoms with Crippen LogP contribution in [0.1, 0.15) is 11.1 Å². The molecule has 1 atom stereocenters. The third-order valence-corrected chi connectivity index (χ3v) is 4.36. The second-order valence-electron chi connectivity index (χ2n) is 5.97. The first-order valence-electron chi connectivity index (χ1n) is 7.89. The molecule has 1 unspecified atom stereocenters. The lowest BCUT2D eigenvalue weighted by atomic mass is 9.89. The van der Waals surface area contributed by atoms with Gasteiger partial charge in [-0.3, -0.25) is 10.1 Å². The molecule has 0 bridgehead atoms. The molecule has 1 aliphatic rings. The van der Waals surface area contributed by atoms with Gasteiger partial charge in [0.25, 0.3) is 5.60 Å². The maximum Gasteiger partial charge on any atom is 0.434 e. The molecule has 3 rings (SSSR count). The van der Waals surface area contributed by atoms with Crippen molar-refractivity contribution in [3.05, 3.63) is 64.7 Å². The van der Waals surface area contributed by atoms with Gasteiger partial charge in [0.2, 0.25) is 5.91 Å². The quantitative estimate of drug-likeness (QED) is 0.817. The smallest absolute Gasteiger partial charge is 0.426 e. The molecule has 5 nitrogen and oxygen atoms in total. The van der Waals surface area contributed by atoms with Gasteiger partial charge in [-0.25, -0.2) is 4.79 Å². The van der Waals surface area contributed by atoms with Crippen LogP contribution in [0.2, 0.25) is 5.02 Å². The van der Waals surface area contributed by atoms with Gasteiger partial charge in [-0.1, -0.05) is 41.9 Å². The van der Waals surface area contributed by atoms with Crippen LogP contribution in [0.15, 0.2) is 48.5 Å². The number of halogens is 4. The monoisotopic (exact) mass is 398 g/mol. The zero-order valence-corrected chi connectivity index (χ0v) is 14.5. The summed E-state index contributed by atoms with van der Waals surface area (Å²) in [6.07, 6.45) is -6.35. The number of carbonyl (C=O) groups is 2. The SMILES string of the molecule is O=C(Cc1ccccc1)NCC1(C(F)(F)F)OC(=O)Nc2ccc(Cl)cc21. The van der Waals surface area contributed by atoms with Crippen molar-refractivity contribution in [2.24, 2.45) is 0 Å². The van der Waals surface area contributed by atoms with Crippen LogP contribution >= 0.6 is 11.6 Å². The van der Waals surface area contributed by atoms with Crippen LogP contribution in [0.4, 0.5) is 23.7 Å². The van der Waals surface area contributed by atoms with Crippen LogP contribution in [0, 0.1) is 0 Å². The molecule has 2 aromatic rings. The molecule has 2 amide bonds. The highest BCUT2D eigenvalue weighted by atomic mass is 35.5. The molecule has 0 saturated heterocycles. The summed E-state index contributed by atoms with van der Waals surface area (Å²) in [6, 6.07) is 12.2. The number of nitrogens with one attached hydrogen (secondary N) is 2. The van der Waals surface area contributed by atoms with Gasteiger partial charge in [-0.2, -0.15) is 13.2 Å². The van der Waals surface area contributed by atoms with Crippen LogP contribution < -0.4 is 10.6 Å². The van der Waals surface area contributed by atoms with E-state index in [0.717, 1.165) is 6.07 Å². The maximum atomic E-state index is 14.0. The van der Waals surface area contributed by atoms with E-state index in [2.05, 4.69) is 15.4 Å². The van der Waals surface area contributed by atoms with Crippen molar-refractivity contribution in [1.82, 2.24) is 5.32 Å². The molecule has 27 heavy (non-hydrogen) atoms. The fraction of sp³-hybridized carbons (Fsp3) is 0.222. The van der Waals surface area contributed by atoms with Crippen molar-refractivity contribution in [2.75, 3.05) is 11.9 Å². The number of hydrogen-bond donors (Lipinski definition) is 2. The first kappa shape index (κ1) is 19.0. The average Bonchev–Trinajstić information content (AvgIpc) is 2.60. The Bertz CT molecular complexity index is 874. The highest BCUT2D eigenvalue weighted by Crippen LogP contribution is 2.47. The molecular formula is C18H14ClF3N2O3. The first-order valence-corrected chi connectivity index (χ1v) is 8.26. The summed E-state index contributed by atoms with van der Waals surface area (Å²) in [5.74, 6) is -0.636. The minimum absolute atomic E-state index is 0.0396. The normalized spacial score (nSPS) is 18.9. The van der Waals surface area contributed by atoms with Gasteiger partial charge in [-0.15, -0.1) is 0 Å². The molecule has 9 heteroatoms. The second kappa shape index (κ2) is 7.11. The van der Waals surface area contributed by atoms with E-state index < -0.39 is 30.3 Å². The minimum atomic E-state index is -4.98. The Morgan fingerprint density at radius 1 is 1.19 bits per heavy atom.